The number of hydrogen-bond acceptors (Lipinski definition) is 10. The van der Waals surface area contributed by atoms with Crippen LogP contribution >= 0.6 is 0 Å². The number of carbonyl (C=O) groups excluding carboxylic acids is 1. The van der Waals surface area contributed by atoms with Crippen LogP contribution in [-0.2, 0) is 25.0 Å². The highest BCUT2D eigenvalue weighted by atomic mass is 32.2. The second-order valence-electron chi connectivity index (χ2n) is 9.17. The molecule has 4 aromatic rings. The fourth-order valence-electron chi connectivity index (χ4n) is 3.55. The highest BCUT2D eigenvalue weighted by Gasteiger charge is 2.16. The number of benzene rings is 4. The molecule has 0 amide bonds. The van der Waals surface area contributed by atoms with E-state index in [0.717, 1.165) is 24.1 Å². The van der Waals surface area contributed by atoms with E-state index in [-0.39, 0.29) is 21.2 Å². The van der Waals surface area contributed by atoms with Crippen LogP contribution in [0.5, 0.6) is 0 Å². The van der Waals surface area contributed by atoms with Crippen molar-refractivity contribution in [3.05, 3.63) is 78.9 Å². The number of aldehydes is 1. The van der Waals surface area contributed by atoms with E-state index in [9.17, 15) is 26.2 Å². The third-order valence-corrected chi connectivity index (χ3v) is 7.27. The number of anilines is 1. The fourth-order valence-corrected chi connectivity index (χ4v) is 4.54. The summed E-state index contributed by atoms with van der Waals surface area (Å²) in [5, 5.41) is 20.6. The van der Waals surface area contributed by atoms with Gasteiger partial charge in [-0.05, 0) is 86.6 Å². The lowest BCUT2D eigenvalue weighted by Gasteiger charge is -2.20. The van der Waals surface area contributed by atoms with Crippen molar-refractivity contribution < 1.29 is 30.7 Å². The van der Waals surface area contributed by atoms with Crippen molar-refractivity contribution in [1.82, 2.24) is 0 Å². The molecule has 0 spiro atoms. The molecular weight excluding hydrogens is 558 g/mol. The zero-order valence-corrected chi connectivity index (χ0v) is 22.8. The second kappa shape index (κ2) is 11.0. The normalized spacial score (nSPS) is 12.8. The minimum Gasteiger partial charge on any atom is -0.373 e. The van der Waals surface area contributed by atoms with Crippen molar-refractivity contribution in [2.75, 3.05) is 5.32 Å². The van der Waals surface area contributed by atoms with Crippen molar-refractivity contribution in [2.45, 2.75) is 29.2 Å². The number of nitrogens with one attached hydrogen (secondary N) is 1. The Morgan fingerprint density at radius 1 is 0.650 bits per heavy atom. The van der Waals surface area contributed by atoms with E-state index in [2.05, 4.69) is 25.8 Å². The zero-order valence-electron chi connectivity index (χ0n) is 21.1. The number of azo groups is 2. The van der Waals surface area contributed by atoms with Gasteiger partial charge in [-0.2, -0.15) is 27.1 Å². The Bertz CT molecular complexity index is 1850. The molecule has 14 heteroatoms. The van der Waals surface area contributed by atoms with Gasteiger partial charge >= 0.3 is 0 Å². The molecule has 0 saturated heterocycles. The Labute approximate surface area is 230 Å². The Hall–Kier alpha value is -4.37. The molecule has 0 aliphatic carbocycles. The van der Waals surface area contributed by atoms with E-state index < -0.39 is 25.8 Å². The first kappa shape index (κ1) is 28.6. The van der Waals surface area contributed by atoms with Gasteiger partial charge in [-0.25, -0.2) is 0 Å². The summed E-state index contributed by atoms with van der Waals surface area (Å²) in [7, 11) is -8.88. The third kappa shape index (κ3) is 6.98. The molecule has 0 aliphatic rings. The maximum absolute atomic E-state index is 11.8. The quantitative estimate of drug-likeness (QED) is 0.113. The molecule has 0 aromatic heterocycles. The minimum absolute atomic E-state index is 0.242. The lowest BCUT2D eigenvalue weighted by atomic mass is 10.1. The van der Waals surface area contributed by atoms with Gasteiger partial charge in [0.1, 0.15) is 6.29 Å². The molecule has 0 heterocycles. The van der Waals surface area contributed by atoms with Crippen molar-refractivity contribution in [3.63, 3.8) is 0 Å². The Morgan fingerprint density at radius 3 is 1.62 bits per heavy atom. The van der Waals surface area contributed by atoms with Crippen LogP contribution in [-0.4, -0.2) is 37.8 Å². The summed E-state index contributed by atoms with van der Waals surface area (Å²) in [4.78, 5) is 10.5. The van der Waals surface area contributed by atoms with Crippen LogP contribution in [0.1, 0.15) is 13.8 Å². The Morgan fingerprint density at radius 2 is 1.12 bits per heavy atom. The molecule has 4 aromatic carbocycles. The first-order valence-electron chi connectivity index (χ1n) is 11.6. The first-order chi connectivity index (χ1) is 18.7. The van der Waals surface area contributed by atoms with E-state index in [0.29, 0.717) is 22.1 Å². The van der Waals surface area contributed by atoms with Gasteiger partial charge in [0.05, 0.1) is 38.1 Å². The van der Waals surface area contributed by atoms with Gasteiger partial charge < -0.3 is 10.1 Å². The summed E-state index contributed by atoms with van der Waals surface area (Å²) in [6, 6.07) is 19.0. The highest BCUT2D eigenvalue weighted by molar-refractivity contribution is 7.86. The van der Waals surface area contributed by atoms with Gasteiger partial charge in [-0.1, -0.05) is 6.07 Å². The molecule has 12 nitrogen and oxygen atoms in total. The second-order valence-corrected chi connectivity index (χ2v) is 12.0. The molecule has 40 heavy (non-hydrogen) atoms. The van der Waals surface area contributed by atoms with Crippen LogP contribution in [0.3, 0.4) is 0 Å². The van der Waals surface area contributed by atoms with Gasteiger partial charge in [0, 0.05) is 16.5 Å². The van der Waals surface area contributed by atoms with Crippen LogP contribution in [0.15, 0.2) is 109 Å². The van der Waals surface area contributed by atoms with Crippen molar-refractivity contribution in [2.24, 2.45) is 20.5 Å². The molecule has 3 N–H and O–H groups in total. The van der Waals surface area contributed by atoms with Gasteiger partial charge in [0.2, 0.25) is 0 Å². The van der Waals surface area contributed by atoms with Crippen molar-refractivity contribution >= 4 is 65.7 Å². The summed E-state index contributed by atoms with van der Waals surface area (Å²) >= 11 is 0. The summed E-state index contributed by atoms with van der Waals surface area (Å²) in [5.74, 6) is 0. The van der Waals surface area contributed by atoms with Gasteiger partial charge in [-0.3, -0.25) is 9.11 Å². The molecule has 0 radical (unpaired) electrons. The SMILES string of the molecule is CC(C)(C=O)Nc1ccc(/N=N\c2ccc(/N=N\c3ccc(S(=O)(=O)O)cc3)c3cc(S(=O)(=O)O)ccc23)cc1. The third-order valence-electron chi connectivity index (χ3n) is 5.55. The summed E-state index contributed by atoms with van der Waals surface area (Å²) in [6.45, 7) is 3.49. The molecule has 0 atom stereocenters. The lowest BCUT2D eigenvalue weighted by Crippen LogP contribution is -2.32. The van der Waals surface area contributed by atoms with E-state index >= 15 is 0 Å². The highest BCUT2D eigenvalue weighted by Crippen LogP contribution is 2.37. The summed E-state index contributed by atoms with van der Waals surface area (Å²) < 4.78 is 64.7. The van der Waals surface area contributed by atoms with Crippen molar-refractivity contribution in [1.29, 1.82) is 0 Å². The monoisotopic (exact) mass is 581 g/mol. The molecule has 0 unspecified atom stereocenters. The van der Waals surface area contributed by atoms with Crippen LogP contribution in [0.2, 0.25) is 0 Å². The van der Waals surface area contributed by atoms with E-state index in [4.69, 9.17) is 4.55 Å². The maximum atomic E-state index is 11.8. The minimum atomic E-state index is -4.52. The molecule has 0 aliphatic heterocycles. The molecule has 4 rings (SSSR count). The smallest absolute Gasteiger partial charge is 0.294 e. The Kier molecular flexibility index (Phi) is 7.88. The van der Waals surface area contributed by atoms with E-state index in [1.807, 2.05) is 0 Å². The van der Waals surface area contributed by atoms with Crippen LogP contribution < -0.4 is 5.32 Å². The largest absolute Gasteiger partial charge is 0.373 e. The lowest BCUT2D eigenvalue weighted by molar-refractivity contribution is -0.110. The zero-order chi connectivity index (χ0) is 29.1. The maximum Gasteiger partial charge on any atom is 0.294 e. The number of hydrogen-bond donors (Lipinski definition) is 3. The summed E-state index contributed by atoms with van der Waals surface area (Å²) in [5.41, 5.74) is 1.41. The molecule has 0 saturated carbocycles. The molecular formula is C26H23N5O7S2. The molecule has 206 valence electrons. The molecule has 0 bridgehead atoms. The average Bonchev–Trinajstić information content (AvgIpc) is 2.90. The number of carbonyl (C=O) groups is 1. The van der Waals surface area contributed by atoms with Crippen LogP contribution in [0.4, 0.5) is 28.4 Å². The van der Waals surface area contributed by atoms with E-state index in [1.165, 1.54) is 36.4 Å². The molecule has 0 fully saturated rings. The topological polar surface area (TPSA) is 187 Å². The summed E-state index contributed by atoms with van der Waals surface area (Å²) in [6.07, 6.45) is 0.807. The standard InChI is InChI=1S/C26H23N5O7S2/c1-26(2,16-32)27-17-3-5-18(6-4-17)28-30-24-13-14-25(23-15-21(40(36,37)38)11-12-22(23)24)31-29-19-7-9-20(10-8-19)39(33,34)35/h3-16,27H,1-2H3,(H,33,34,35)(H,36,37,38)/b30-28-,31-29-. The predicted octanol–water partition coefficient (Wildman–Crippen LogP) is 6.55. The number of nitrogens with zero attached hydrogens (tertiary/aromatic N) is 4. The number of rotatable bonds is 9. The van der Waals surface area contributed by atoms with Crippen LogP contribution in [0, 0.1) is 0 Å². The van der Waals surface area contributed by atoms with Crippen molar-refractivity contribution in [3.8, 4) is 0 Å². The van der Waals surface area contributed by atoms with Gasteiger partial charge in [0.25, 0.3) is 20.2 Å². The fraction of sp³-hybridized carbons (Fsp3) is 0.115. The first-order valence-corrected chi connectivity index (χ1v) is 14.4. The van der Waals surface area contributed by atoms with Crippen LogP contribution in [0.25, 0.3) is 10.8 Å². The van der Waals surface area contributed by atoms with E-state index in [1.54, 1.807) is 44.2 Å². The number of fused-ring (bicyclic) bond motifs is 1. The van der Waals surface area contributed by atoms with Gasteiger partial charge in [-0.15, -0.1) is 10.2 Å². The predicted molar refractivity (Wildman–Crippen MR) is 149 cm³/mol. The van der Waals surface area contributed by atoms with Gasteiger partial charge in [0.15, 0.2) is 0 Å². The average molecular weight is 582 g/mol. The Balaban J connectivity index is 1.69.